The first-order valence-electron chi connectivity index (χ1n) is 9.65. The highest BCUT2D eigenvalue weighted by atomic mass is 16.5. The molecule has 0 bridgehead atoms. The number of carbonyl (C=O) groups is 2. The van der Waals surface area contributed by atoms with E-state index < -0.39 is 5.41 Å². The van der Waals surface area contributed by atoms with Crippen molar-refractivity contribution >= 4 is 17.6 Å². The summed E-state index contributed by atoms with van der Waals surface area (Å²) in [7, 11) is 1.41. The number of amides is 1. The van der Waals surface area contributed by atoms with Gasteiger partial charge in [-0.15, -0.1) is 0 Å². The summed E-state index contributed by atoms with van der Waals surface area (Å²) >= 11 is 0. The molecule has 2 fully saturated rings. The fraction of sp³-hybridized carbons (Fsp3) is 0.524. The van der Waals surface area contributed by atoms with Gasteiger partial charge in [0.2, 0.25) is 5.91 Å². The zero-order valence-electron chi connectivity index (χ0n) is 15.6. The summed E-state index contributed by atoms with van der Waals surface area (Å²) in [4.78, 5) is 27.9. The minimum atomic E-state index is -0.523. The lowest BCUT2D eigenvalue weighted by molar-refractivity contribution is -0.139. The molecule has 5 rings (SSSR count). The molecule has 2 unspecified atom stereocenters. The van der Waals surface area contributed by atoms with E-state index >= 15 is 0 Å². The number of nitrogens with zero attached hydrogens (tertiary/aromatic N) is 1. The van der Waals surface area contributed by atoms with Crippen molar-refractivity contribution in [2.24, 2.45) is 11.8 Å². The van der Waals surface area contributed by atoms with Crippen molar-refractivity contribution in [3.63, 3.8) is 0 Å². The van der Waals surface area contributed by atoms with Crippen LogP contribution in [-0.4, -0.2) is 49.1 Å². The molecule has 0 saturated carbocycles. The number of rotatable bonds is 1. The first-order chi connectivity index (χ1) is 13.1. The molecule has 6 nitrogen and oxygen atoms in total. The van der Waals surface area contributed by atoms with E-state index in [2.05, 4.69) is 23.2 Å². The molecule has 5 atom stereocenters. The number of piperidine rings is 1. The zero-order chi connectivity index (χ0) is 18.8. The van der Waals surface area contributed by atoms with Crippen molar-refractivity contribution in [1.82, 2.24) is 4.90 Å². The number of carbonyl (C=O) groups excluding carboxylic acids is 2. The molecule has 4 aliphatic rings. The Labute approximate surface area is 158 Å². The summed E-state index contributed by atoms with van der Waals surface area (Å²) in [5, 5.41) is 3.09. The summed E-state index contributed by atoms with van der Waals surface area (Å²) in [5.74, 6) is 0.0558. The Morgan fingerprint density at radius 1 is 1.37 bits per heavy atom. The number of nitrogens with one attached hydrogen (secondary N) is 1. The molecule has 4 heterocycles. The molecule has 4 aliphatic heterocycles. The summed E-state index contributed by atoms with van der Waals surface area (Å²) in [6, 6.07) is 8.10. The van der Waals surface area contributed by atoms with Crippen LogP contribution in [0.1, 0.15) is 25.3 Å². The number of anilines is 1. The van der Waals surface area contributed by atoms with Crippen LogP contribution in [0.4, 0.5) is 5.69 Å². The third-order valence-corrected chi connectivity index (χ3v) is 7.14. The highest BCUT2D eigenvalue weighted by molar-refractivity contribution is 6.07. The maximum atomic E-state index is 13.1. The summed E-state index contributed by atoms with van der Waals surface area (Å²) in [5.41, 5.74) is 2.11. The van der Waals surface area contributed by atoms with Crippen molar-refractivity contribution < 1.29 is 19.1 Å². The van der Waals surface area contributed by atoms with Gasteiger partial charge in [-0.2, -0.15) is 0 Å². The van der Waals surface area contributed by atoms with E-state index in [0.717, 1.165) is 37.2 Å². The molecule has 2 saturated heterocycles. The number of hydrogen-bond acceptors (Lipinski definition) is 5. The van der Waals surface area contributed by atoms with Gasteiger partial charge in [-0.05, 0) is 37.9 Å². The molecule has 142 valence electrons. The molecule has 6 heteroatoms. The number of ether oxygens (including phenoxy) is 2. The summed E-state index contributed by atoms with van der Waals surface area (Å²) in [6.45, 7) is 3.79. The fourth-order valence-electron chi connectivity index (χ4n) is 5.77. The SMILES string of the molecule is COC(=O)C1=CO[C@H](C)[C@@H]2CN3CCC4(C(=O)Nc5ccccc54)C3C[C@H]12. The van der Waals surface area contributed by atoms with Crippen LogP contribution < -0.4 is 5.32 Å². The van der Waals surface area contributed by atoms with Crippen LogP contribution >= 0.6 is 0 Å². The second kappa shape index (κ2) is 5.83. The number of methoxy groups -OCH3 is 1. The van der Waals surface area contributed by atoms with Gasteiger partial charge in [-0.3, -0.25) is 9.69 Å². The van der Waals surface area contributed by atoms with Gasteiger partial charge >= 0.3 is 5.97 Å². The Morgan fingerprint density at radius 2 is 2.19 bits per heavy atom. The second-order valence-corrected chi connectivity index (χ2v) is 8.14. The highest BCUT2D eigenvalue weighted by Crippen LogP contribution is 2.53. The van der Waals surface area contributed by atoms with Crippen LogP contribution in [0.5, 0.6) is 0 Å². The Hall–Kier alpha value is -2.34. The molecule has 0 aliphatic carbocycles. The van der Waals surface area contributed by atoms with Crippen LogP contribution in [0, 0.1) is 11.8 Å². The standard InChI is InChI=1S/C21H24N2O4/c1-12-14-10-23-8-7-21(16-5-3-4-6-17(16)22-20(21)25)18(23)9-13(14)15(11-27-12)19(24)26-2/h3-6,11-14,18H,7-10H2,1-2H3,(H,22,25)/t12-,13+,14+,18?,21?/m1/s1. The van der Waals surface area contributed by atoms with Crippen molar-refractivity contribution in [2.45, 2.75) is 37.3 Å². The predicted octanol–water partition coefficient (Wildman–Crippen LogP) is 2.06. The van der Waals surface area contributed by atoms with E-state index in [1.807, 2.05) is 18.2 Å². The molecule has 1 amide bonds. The fourth-order valence-corrected chi connectivity index (χ4v) is 5.77. The number of hydrogen-bond donors (Lipinski definition) is 1. The van der Waals surface area contributed by atoms with E-state index in [9.17, 15) is 9.59 Å². The topological polar surface area (TPSA) is 67.9 Å². The van der Waals surface area contributed by atoms with Gasteiger partial charge in [-0.25, -0.2) is 4.79 Å². The Balaban J connectivity index is 1.55. The monoisotopic (exact) mass is 368 g/mol. The summed E-state index contributed by atoms with van der Waals surface area (Å²) in [6.07, 6.45) is 3.20. The van der Waals surface area contributed by atoms with E-state index in [1.54, 1.807) is 6.26 Å². The van der Waals surface area contributed by atoms with Gasteiger partial charge in [-0.1, -0.05) is 18.2 Å². The maximum absolute atomic E-state index is 13.1. The third-order valence-electron chi connectivity index (χ3n) is 7.14. The molecule has 0 aromatic heterocycles. The number of benzene rings is 1. The van der Waals surface area contributed by atoms with Gasteiger partial charge in [0.25, 0.3) is 0 Å². The van der Waals surface area contributed by atoms with Crippen LogP contribution in [0.3, 0.4) is 0 Å². The normalized spacial score (nSPS) is 37.0. The van der Waals surface area contributed by atoms with Crippen molar-refractivity contribution in [3.05, 3.63) is 41.7 Å². The van der Waals surface area contributed by atoms with E-state index in [4.69, 9.17) is 9.47 Å². The predicted molar refractivity (Wildman–Crippen MR) is 99.0 cm³/mol. The summed E-state index contributed by atoms with van der Waals surface area (Å²) < 4.78 is 10.8. The first kappa shape index (κ1) is 16.8. The van der Waals surface area contributed by atoms with Crippen molar-refractivity contribution in [3.8, 4) is 0 Å². The van der Waals surface area contributed by atoms with Crippen LogP contribution in [0.25, 0.3) is 0 Å². The molecule has 27 heavy (non-hydrogen) atoms. The van der Waals surface area contributed by atoms with Crippen LogP contribution in [0.15, 0.2) is 36.1 Å². The Kier molecular flexibility index (Phi) is 3.63. The van der Waals surface area contributed by atoms with E-state index in [1.165, 1.54) is 7.11 Å². The molecule has 1 spiro atoms. The molecule has 1 aromatic rings. The molecular weight excluding hydrogens is 344 g/mol. The van der Waals surface area contributed by atoms with Crippen molar-refractivity contribution in [2.75, 3.05) is 25.5 Å². The molecule has 1 N–H and O–H groups in total. The molecular formula is C21H24N2O4. The first-order valence-corrected chi connectivity index (χ1v) is 9.65. The number of para-hydroxylation sites is 1. The van der Waals surface area contributed by atoms with Gasteiger partial charge in [0.15, 0.2) is 0 Å². The Bertz CT molecular complexity index is 850. The average Bonchev–Trinajstić information content (AvgIpc) is 3.20. The number of fused-ring (bicyclic) bond motifs is 5. The third kappa shape index (κ3) is 2.16. The van der Waals surface area contributed by atoms with Crippen LogP contribution in [-0.2, 0) is 24.5 Å². The van der Waals surface area contributed by atoms with Gasteiger partial charge in [0.05, 0.1) is 30.5 Å². The van der Waals surface area contributed by atoms with Crippen molar-refractivity contribution in [1.29, 1.82) is 0 Å². The lowest BCUT2D eigenvalue weighted by Crippen LogP contribution is -2.56. The van der Waals surface area contributed by atoms with E-state index in [0.29, 0.717) is 5.57 Å². The lowest BCUT2D eigenvalue weighted by atomic mass is 9.66. The zero-order valence-corrected chi connectivity index (χ0v) is 15.6. The highest BCUT2D eigenvalue weighted by Gasteiger charge is 2.61. The lowest BCUT2D eigenvalue weighted by Gasteiger charge is -2.48. The maximum Gasteiger partial charge on any atom is 0.337 e. The van der Waals surface area contributed by atoms with Crippen LogP contribution in [0.2, 0.25) is 0 Å². The average molecular weight is 368 g/mol. The van der Waals surface area contributed by atoms with Gasteiger partial charge < -0.3 is 14.8 Å². The quantitative estimate of drug-likeness (QED) is 0.769. The Morgan fingerprint density at radius 3 is 3.00 bits per heavy atom. The minimum Gasteiger partial charge on any atom is -0.497 e. The van der Waals surface area contributed by atoms with E-state index in [-0.39, 0.29) is 35.9 Å². The van der Waals surface area contributed by atoms with Gasteiger partial charge in [0.1, 0.15) is 0 Å². The molecule has 1 aromatic carbocycles. The molecule has 0 radical (unpaired) electrons. The largest absolute Gasteiger partial charge is 0.497 e. The number of esters is 1. The smallest absolute Gasteiger partial charge is 0.337 e. The second-order valence-electron chi connectivity index (χ2n) is 8.14. The minimum absolute atomic E-state index is 0.0468. The van der Waals surface area contributed by atoms with Gasteiger partial charge in [0, 0.05) is 30.1 Å².